The van der Waals surface area contributed by atoms with Crippen LogP contribution < -0.4 is 9.47 Å². The Hall–Kier alpha value is -2.05. The molecule has 2 aliphatic heterocycles. The molecule has 3 aromatic carbocycles. The van der Waals surface area contributed by atoms with Gasteiger partial charge in [-0.2, -0.15) is 0 Å². The number of nitrogens with zero attached hydrogens (tertiary/aromatic N) is 1. The van der Waals surface area contributed by atoms with E-state index in [1.54, 1.807) is 23.9 Å². The second-order valence-corrected chi connectivity index (χ2v) is 10.1. The molecule has 2 heterocycles. The van der Waals surface area contributed by atoms with E-state index in [0.29, 0.717) is 17.4 Å². The van der Waals surface area contributed by atoms with E-state index < -0.39 is 0 Å². The average Bonchev–Trinajstić information content (AvgIpc) is 2.87. The van der Waals surface area contributed by atoms with E-state index >= 15 is 0 Å². The molecule has 1 saturated heterocycles. The number of hydrogen-bond donors (Lipinski definition) is 1. The van der Waals surface area contributed by atoms with Gasteiger partial charge in [0.25, 0.3) is 0 Å². The van der Waals surface area contributed by atoms with E-state index in [0.717, 1.165) is 28.3 Å². The summed E-state index contributed by atoms with van der Waals surface area (Å²) in [5, 5.41) is 10.4. The fourth-order valence-electron chi connectivity index (χ4n) is 4.48. The maximum absolute atomic E-state index is 10.1. The van der Waals surface area contributed by atoms with Gasteiger partial charge in [-0.3, -0.25) is 4.90 Å². The Morgan fingerprint density at radius 3 is 2.41 bits per heavy atom. The third kappa shape index (κ3) is 5.60. The molecule has 4 nitrogen and oxygen atoms in total. The minimum Gasteiger partial charge on any atom is -0.506 e. The van der Waals surface area contributed by atoms with Crippen molar-refractivity contribution < 1.29 is 14.6 Å². The number of rotatable bonds is 6. The molecule has 0 bridgehead atoms. The molecule has 0 spiro atoms. The molecule has 0 aliphatic carbocycles. The third-order valence-electron chi connectivity index (χ3n) is 6.28. The normalized spacial score (nSPS) is 20.0. The number of ether oxygens (including phenoxy) is 2. The van der Waals surface area contributed by atoms with Gasteiger partial charge in [0.1, 0.15) is 30.0 Å². The van der Waals surface area contributed by atoms with E-state index in [1.807, 2.05) is 30.3 Å². The van der Waals surface area contributed by atoms with Crippen molar-refractivity contribution in [3.05, 3.63) is 82.9 Å². The summed E-state index contributed by atoms with van der Waals surface area (Å²) < 4.78 is 12.5. The highest BCUT2D eigenvalue weighted by molar-refractivity contribution is 7.99. The highest BCUT2D eigenvalue weighted by Gasteiger charge is 2.35. The predicted octanol–water partition coefficient (Wildman–Crippen LogP) is 7.30. The monoisotopic (exact) mass is 517 g/mol. The summed E-state index contributed by atoms with van der Waals surface area (Å²) >= 11 is 8.05. The van der Waals surface area contributed by atoms with Crippen LogP contribution in [0.25, 0.3) is 0 Å². The zero-order chi connectivity index (χ0) is 22.6. The highest BCUT2D eigenvalue weighted by atomic mass is 35.5. The van der Waals surface area contributed by atoms with Crippen LogP contribution in [0.5, 0.6) is 17.2 Å². The average molecular weight is 519 g/mol. The molecule has 5 rings (SSSR count). The van der Waals surface area contributed by atoms with Crippen LogP contribution in [0.1, 0.15) is 41.7 Å². The van der Waals surface area contributed by atoms with Crippen molar-refractivity contribution in [2.24, 2.45) is 0 Å². The topological polar surface area (TPSA) is 41.9 Å². The fourth-order valence-corrected chi connectivity index (χ4v) is 6.09. The summed E-state index contributed by atoms with van der Waals surface area (Å²) in [5.74, 6) is 1.65. The van der Waals surface area contributed by atoms with Crippen LogP contribution in [0, 0.1) is 0 Å². The first kappa shape index (κ1) is 25.1. The van der Waals surface area contributed by atoms with Crippen LogP contribution in [0.15, 0.2) is 71.6 Å². The molecule has 1 N–H and O–H groups in total. The van der Waals surface area contributed by atoms with Crippen molar-refractivity contribution in [1.29, 1.82) is 0 Å². The molecule has 0 radical (unpaired) electrons. The number of piperidine rings is 1. The Labute approximate surface area is 216 Å². The van der Waals surface area contributed by atoms with Crippen molar-refractivity contribution in [3.8, 4) is 17.2 Å². The Bertz CT molecular complexity index is 1080. The molecule has 2 unspecified atom stereocenters. The first-order valence-corrected chi connectivity index (χ1v) is 12.8. The van der Waals surface area contributed by atoms with Crippen LogP contribution in [-0.2, 0) is 0 Å². The summed E-state index contributed by atoms with van der Waals surface area (Å²) in [7, 11) is 0. The number of thioether (sulfide) groups is 1. The van der Waals surface area contributed by atoms with Gasteiger partial charge in [0.05, 0.1) is 15.2 Å². The molecule has 0 aromatic heterocycles. The third-order valence-corrected chi connectivity index (χ3v) is 8.18. The van der Waals surface area contributed by atoms with Crippen molar-refractivity contribution in [3.63, 3.8) is 0 Å². The number of phenolic OH excluding ortho intramolecular Hbond substituents is 1. The van der Waals surface area contributed by atoms with Crippen LogP contribution in [0.4, 0.5) is 0 Å². The molecule has 180 valence electrons. The second-order valence-electron chi connectivity index (χ2n) is 8.53. The lowest BCUT2D eigenvalue weighted by atomic mass is 10.00. The van der Waals surface area contributed by atoms with E-state index in [2.05, 4.69) is 29.2 Å². The minimum absolute atomic E-state index is 0. The number of hydrogen-bond acceptors (Lipinski definition) is 5. The van der Waals surface area contributed by atoms with E-state index in [9.17, 15) is 5.11 Å². The van der Waals surface area contributed by atoms with Crippen molar-refractivity contribution in [2.45, 2.75) is 35.5 Å². The van der Waals surface area contributed by atoms with E-state index in [1.165, 1.54) is 32.4 Å². The number of likely N-dealkylation sites (tertiary alicyclic amines) is 1. The zero-order valence-electron chi connectivity index (χ0n) is 18.9. The zero-order valence-corrected chi connectivity index (χ0v) is 21.2. The number of benzene rings is 3. The number of phenols is 1. The molecular formula is C27H29Cl2NO3S. The Morgan fingerprint density at radius 2 is 1.68 bits per heavy atom. The van der Waals surface area contributed by atoms with Gasteiger partial charge in [0.2, 0.25) is 0 Å². The van der Waals surface area contributed by atoms with Gasteiger partial charge in [-0.05, 0) is 61.3 Å². The Balaban J connectivity index is 0.00000274. The number of aromatic hydroxyl groups is 1. The fraction of sp³-hybridized carbons (Fsp3) is 0.333. The van der Waals surface area contributed by atoms with Crippen molar-refractivity contribution in [1.82, 2.24) is 4.90 Å². The molecule has 7 heteroatoms. The molecule has 1 fully saturated rings. The second kappa shape index (κ2) is 11.6. The summed E-state index contributed by atoms with van der Waals surface area (Å²) in [4.78, 5) is 3.26. The summed E-state index contributed by atoms with van der Waals surface area (Å²) in [5.41, 5.74) is 2.23. The molecule has 0 saturated carbocycles. The number of halogens is 2. The predicted molar refractivity (Wildman–Crippen MR) is 141 cm³/mol. The molecule has 34 heavy (non-hydrogen) atoms. The first-order valence-electron chi connectivity index (χ1n) is 11.5. The lowest BCUT2D eigenvalue weighted by molar-refractivity contribution is 0.182. The van der Waals surface area contributed by atoms with Crippen molar-refractivity contribution >= 4 is 35.8 Å². The largest absolute Gasteiger partial charge is 0.506 e. The first-order chi connectivity index (χ1) is 16.2. The van der Waals surface area contributed by atoms with Gasteiger partial charge < -0.3 is 14.6 Å². The van der Waals surface area contributed by atoms with Gasteiger partial charge in [0, 0.05) is 6.54 Å². The smallest absolute Gasteiger partial charge is 0.140 e. The lowest BCUT2D eigenvalue weighted by Gasteiger charge is -2.34. The molecule has 0 amide bonds. The molecule has 3 aromatic rings. The lowest BCUT2D eigenvalue weighted by Crippen LogP contribution is -2.33. The highest BCUT2D eigenvalue weighted by Crippen LogP contribution is 2.56. The van der Waals surface area contributed by atoms with Gasteiger partial charge in [-0.1, -0.05) is 60.5 Å². The van der Waals surface area contributed by atoms with Crippen LogP contribution in [0.2, 0.25) is 5.02 Å². The summed E-state index contributed by atoms with van der Waals surface area (Å²) in [6.45, 7) is 4.05. The van der Waals surface area contributed by atoms with Gasteiger partial charge in [-0.25, -0.2) is 0 Å². The summed E-state index contributed by atoms with van der Waals surface area (Å²) in [6.07, 6.45) is 3.75. The van der Waals surface area contributed by atoms with Gasteiger partial charge >= 0.3 is 0 Å². The minimum atomic E-state index is -0.187. The van der Waals surface area contributed by atoms with Crippen LogP contribution in [0.3, 0.4) is 0 Å². The van der Waals surface area contributed by atoms with Crippen LogP contribution in [-0.4, -0.2) is 36.2 Å². The quantitative estimate of drug-likeness (QED) is 0.371. The Morgan fingerprint density at radius 1 is 0.941 bits per heavy atom. The van der Waals surface area contributed by atoms with Crippen LogP contribution >= 0.6 is 35.8 Å². The molecular weight excluding hydrogens is 489 g/mol. The van der Waals surface area contributed by atoms with Gasteiger partial charge in [0.15, 0.2) is 0 Å². The van der Waals surface area contributed by atoms with Crippen molar-refractivity contribution in [2.75, 3.05) is 26.2 Å². The van der Waals surface area contributed by atoms with E-state index in [4.69, 9.17) is 21.1 Å². The maximum Gasteiger partial charge on any atom is 0.140 e. The maximum atomic E-state index is 10.1. The van der Waals surface area contributed by atoms with Gasteiger partial charge in [-0.15, -0.1) is 24.2 Å². The van der Waals surface area contributed by atoms with E-state index in [-0.39, 0.29) is 29.5 Å². The SMILES string of the molecule is Cl.Oc1ccc2c(c1Cl)SC(c1ccccc1)C(c1ccc(OCCN3CCCCC3)cc1)O2. The summed E-state index contributed by atoms with van der Waals surface area (Å²) in [6, 6.07) is 21.9. The number of fused-ring (bicyclic) bond motifs is 1. The standard InChI is InChI=1S/C27H28ClNO3S.ClH/c28-24-22(30)13-14-23-27(24)33-26(20-7-3-1-4-8-20)25(32-23)19-9-11-21(12-10-19)31-18-17-29-15-5-2-6-16-29;/h1,3-4,7-14,25-26,30H,2,5-6,15-18H2;1H. The molecule has 2 atom stereocenters. The Kier molecular flexibility index (Phi) is 8.54. The molecule has 2 aliphatic rings.